The third kappa shape index (κ3) is 4.69. The van der Waals surface area contributed by atoms with Gasteiger partial charge in [-0.15, -0.1) is 0 Å². The molecule has 0 saturated heterocycles. The lowest BCUT2D eigenvalue weighted by molar-refractivity contribution is -0.137. The molecule has 126 valence electrons. The van der Waals surface area contributed by atoms with Gasteiger partial charge in [0.2, 0.25) is 5.91 Å². The highest BCUT2D eigenvalue weighted by molar-refractivity contribution is 8.00. The predicted molar refractivity (Wildman–Crippen MR) is 79.8 cm³/mol. The number of pyridine rings is 2. The Bertz CT molecular complexity index is 751. The molecule has 0 fully saturated rings. The van der Waals surface area contributed by atoms with Gasteiger partial charge in [-0.1, -0.05) is 11.8 Å². The van der Waals surface area contributed by atoms with Gasteiger partial charge in [0.15, 0.2) is 0 Å². The number of rotatable bonds is 5. The van der Waals surface area contributed by atoms with Gasteiger partial charge in [-0.05, 0) is 24.3 Å². The van der Waals surface area contributed by atoms with Crippen LogP contribution >= 0.6 is 11.8 Å². The number of carboxylic acids is 1. The number of halogens is 3. The van der Waals surface area contributed by atoms with Crippen LogP contribution in [0.2, 0.25) is 0 Å². The minimum absolute atomic E-state index is 0.0342. The SMILES string of the molecule is O=C(CSc1ncccc1C(=O)O)Nc1ccc(C(F)(F)F)cn1. The number of nitrogens with zero attached hydrogens (tertiary/aromatic N) is 2. The summed E-state index contributed by atoms with van der Waals surface area (Å²) in [6.07, 6.45) is -2.49. The largest absolute Gasteiger partial charge is 0.478 e. The van der Waals surface area contributed by atoms with Gasteiger partial charge in [0.1, 0.15) is 10.8 Å². The Labute approximate surface area is 138 Å². The molecule has 0 bridgehead atoms. The normalized spacial score (nSPS) is 11.1. The fourth-order valence-electron chi connectivity index (χ4n) is 1.62. The van der Waals surface area contributed by atoms with E-state index in [0.717, 1.165) is 23.9 Å². The van der Waals surface area contributed by atoms with Crippen molar-refractivity contribution in [1.29, 1.82) is 0 Å². The van der Waals surface area contributed by atoms with E-state index in [1.807, 2.05) is 0 Å². The van der Waals surface area contributed by atoms with E-state index in [2.05, 4.69) is 15.3 Å². The summed E-state index contributed by atoms with van der Waals surface area (Å²) in [5, 5.41) is 11.5. The fourth-order valence-corrected chi connectivity index (χ4v) is 2.40. The second-order valence-electron chi connectivity index (χ2n) is 4.43. The number of aromatic nitrogens is 2. The quantitative estimate of drug-likeness (QED) is 0.800. The zero-order chi connectivity index (χ0) is 17.7. The highest BCUT2D eigenvalue weighted by Crippen LogP contribution is 2.28. The smallest absolute Gasteiger partial charge is 0.417 e. The maximum absolute atomic E-state index is 12.4. The number of thioether (sulfide) groups is 1. The van der Waals surface area contributed by atoms with Crippen LogP contribution in [0.1, 0.15) is 15.9 Å². The van der Waals surface area contributed by atoms with E-state index in [0.29, 0.717) is 6.20 Å². The van der Waals surface area contributed by atoms with Crippen molar-refractivity contribution < 1.29 is 27.9 Å². The molecule has 0 aromatic carbocycles. The minimum atomic E-state index is -4.50. The molecule has 0 saturated carbocycles. The summed E-state index contributed by atoms with van der Waals surface area (Å²) in [6, 6.07) is 4.65. The van der Waals surface area contributed by atoms with Crippen LogP contribution < -0.4 is 5.32 Å². The van der Waals surface area contributed by atoms with Gasteiger partial charge in [0, 0.05) is 12.4 Å². The highest BCUT2D eigenvalue weighted by atomic mass is 32.2. The third-order valence-corrected chi connectivity index (χ3v) is 3.71. The molecule has 10 heteroatoms. The molecule has 0 atom stereocenters. The number of hydrogen-bond donors (Lipinski definition) is 2. The van der Waals surface area contributed by atoms with E-state index < -0.39 is 23.6 Å². The van der Waals surface area contributed by atoms with E-state index in [1.54, 1.807) is 0 Å². The van der Waals surface area contributed by atoms with Crippen molar-refractivity contribution in [1.82, 2.24) is 9.97 Å². The molecule has 0 aliphatic carbocycles. The first-order chi connectivity index (χ1) is 11.3. The zero-order valence-electron chi connectivity index (χ0n) is 11.9. The number of hydrogen-bond acceptors (Lipinski definition) is 5. The van der Waals surface area contributed by atoms with E-state index in [-0.39, 0.29) is 22.2 Å². The van der Waals surface area contributed by atoms with Gasteiger partial charge >= 0.3 is 12.1 Å². The molecule has 0 radical (unpaired) electrons. The van der Waals surface area contributed by atoms with Crippen LogP contribution in [0.25, 0.3) is 0 Å². The van der Waals surface area contributed by atoms with Crippen molar-refractivity contribution in [2.24, 2.45) is 0 Å². The standard InChI is InChI=1S/C14H10F3N3O3S/c15-14(16,17)8-3-4-10(19-6-8)20-11(21)7-24-12-9(13(22)23)2-1-5-18-12/h1-6H,7H2,(H,22,23)(H,19,20,21). The van der Waals surface area contributed by atoms with Crippen LogP contribution in [0.4, 0.5) is 19.0 Å². The second kappa shape index (κ2) is 7.30. The average Bonchev–Trinajstić information content (AvgIpc) is 2.53. The lowest BCUT2D eigenvalue weighted by atomic mass is 10.3. The molecular weight excluding hydrogens is 347 g/mol. The van der Waals surface area contributed by atoms with Crippen LogP contribution in [0.3, 0.4) is 0 Å². The molecule has 2 rings (SSSR count). The Kier molecular flexibility index (Phi) is 5.39. The Morgan fingerprint density at radius 3 is 2.54 bits per heavy atom. The molecule has 2 aromatic heterocycles. The predicted octanol–water partition coefficient (Wildman–Crippen LogP) is 2.92. The number of nitrogens with one attached hydrogen (secondary N) is 1. The molecule has 0 spiro atoms. The molecule has 2 heterocycles. The molecule has 6 nitrogen and oxygen atoms in total. The number of carbonyl (C=O) groups excluding carboxylic acids is 1. The Morgan fingerprint density at radius 2 is 1.96 bits per heavy atom. The average molecular weight is 357 g/mol. The molecule has 0 aliphatic heterocycles. The third-order valence-electron chi connectivity index (χ3n) is 2.70. The maximum atomic E-state index is 12.4. The summed E-state index contributed by atoms with van der Waals surface area (Å²) in [7, 11) is 0. The molecule has 2 aromatic rings. The van der Waals surface area contributed by atoms with Crippen LogP contribution in [-0.4, -0.2) is 32.7 Å². The Morgan fingerprint density at radius 1 is 1.21 bits per heavy atom. The highest BCUT2D eigenvalue weighted by Gasteiger charge is 2.30. The van der Waals surface area contributed by atoms with Gasteiger partial charge in [0.05, 0.1) is 16.9 Å². The van der Waals surface area contributed by atoms with E-state index in [4.69, 9.17) is 5.11 Å². The van der Waals surface area contributed by atoms with E-state index >= 15 is 0 Å². The first kappa shape index (κ1) is 17.7. The number of alkyl halides is 3. The molecule has 24 heavy (non-hydrogen) atoms. The van der Waals surface area contributed by atoms with Crippen LogP contribution in [0.5, 0.6) is 0 Å². The molecule has 1 amide bonds. The number of amides is 1. The molecule has 2 N–H and O–H groups in total. The van der Waals surface area contributed by atoms with E-state index in [1.165, 1.54) is 18.3 Å². The lowest BCUT2D eigenvalue weighted by Gasteiger charge is -2.08. The van der Waals surface area contributed by atoms with Crippen molar-refractivity contribution in [2.75, 3.05) is 11.1 Å². The Balaban J connectivity index is 1.96. The summed E-state index contributed by atoms with van der Waals surface area (Å²) in [5.41, 5.74) is -0.961. The minimum Gasteiger partial charge on any atom is -0.478 e. The van der Waals surface area contributed by atoms with Gasteiger partial charge in [0.25, 0.3) is 0 Å². The van der Waals surface area contributed by atoms with E-state index in [9.17, 15) is 22.8 Å². The van der Waals surface area contributed by atoms with Gasteiger partial charge < -0.3 is 10.4 Å². The van der Waals surface area contributed by atoms with Crippen molar-refractivity contribution >= 4 is 29.5 Å². The van der Waals surface area contributed by atoms with Crippen molar-refractivity contribution in [3.8, 4) is 0 Å². The van der Waals surface area contributed by atoms with Gasteiger partial charge in [-0.2, -0.15) is 13.2 Å². The summed E-state index contributed by atoms with van der Waals surface area (Å²) in [5.74, 6) is -1.92. The first-order valence-electron chi connectivity index (χ1n) is 6.41. The number of carboxylic acid groups (broad SMARTS) is 1. The van der Waals surface area contributed by atoms with Gasteiger partial charge in [-0.25, -0.2) is 14.8 Å². The second-order valence-corrected chi connectivity index (χ2v) is 5.39. The topological polar surface area (TPSA) is 92.2 Å². The van der Waals surface area contributed by atoms with Crippen LogP contribution in [-0.2, 0) is 11.0 Å². The van der Waals surface area contributed by atoms with Crippen LogP contribution in [0.15, 0.2) is 41.7 Å². The van der Waals surface area contributed by atoms with Crippen molar-refractivity contribution in [2.45, 2.75) is 11.2 Å². The molecule has 0 aliphatic rings. The first-order valence-corrected chi connectivity index (χ1v) is 7.40. The van der Waals surface area contributed by atoms with Gasteiger partial charge in [-0.3, -0.25) is 4.79 Å². The Hall–Kier alpha value is -2.62. The number of carbonyl (C=O) groups is 2. The number of aromatic carboxylic acids is 1. The summed E-state index contributed by atoms with van der Waals surface area (Å²) < 4.78 is 37.2. The molecular formula is C14H10F3N3O3S. The lowest BCUT2D eigenvalue weighted by Crippen LogP contribution is -2.16. The van der Waals surface area contributed by atoms with Crippen molar-refractivity contribution in [3.63, 3.8) is 0 Å². The summed E-state index contributed by atoms with van der Waals surface area (Å²) in [4.78, 5) is 30.2. The molecule has 0 unspecified atom stereocenters. The maximum Gasteiger partial charge on any atom is 0.417 e. The summed E-state index contributed by atoms with van der Waals surface area (Å²) in [6.45, 7) is 0. The van der Waals surface area contributed by atoms with Crippen molar-refractivity contribution in [3.05, 3.63) is 47.8 Å². The summed E-state index contributed by atoms with van der Waals surface area (Å²) >= 11 is 0.898. The zero-order valence-corrected chi connectivity index (χ0v) is 12.7. The van der Waals surface area contributed by atoms with Crippen LogP contribution in [0, 0.1) is 0 Å². The monoisotopic (exact) mass is 357 g/mol. The fraction of sp³-hybridized carbons (Fsp3) is 0.143. The number of anilines is 1.